The van der Waals surface area contributed by atoms with Crippen molar-refractivity contribution in [2.45, 2.75) is 0 Å². The highest BCUT2D eigenvalue weighted by Crippen LogP contribution is 2.16. The summed E-state index contributed by atoms with van der Waals surface area (Å²) in [7, 11) is 0. The average molecular weight is 229 g/mol. The number of nitrogen functional groups attached to an aromatic ring is 2. The molecule has 2 rings (SSSR count). The molecule has 0 aliphatic heterocycles. The van der Waals surface area contributed by atoms with Crippen LogP contribution in [0.1, 0.15) is 0 Å². The van der Waals surface area contributed by atoms with E-state index in [-0.39, 0.29) is 11.9 Å². The Bertz CT molecular complexity index is 435. The molecule has 0 bridgehead atoms. The molecule has 0 saturated heterocycles. The predicted octanol–water partition coefficient (Wildman–Crippen LogP) is 0.0512. The van der Waals surface area contributed by atoms with Gasteiger partial charge in [-0.15, -0.1) is 0 Å². The Labute approximate surface area is 75.7 Å². The van der Waals surface area contributed by atoms with Gasteiger partial charge in [-0.05, 0) is 15.9 Å². The Morgan fingerprint density at radius 1 is 1.33 bits per heavy atom. The van der Waals surface area contributed by atoms with Crippen molar-refractivity contribution in [2.75, 3.05) is 11.5 Å². The average Bonchev–Trinajstić information content (AvgIpc) is 2.33. The van der Waals surface area contributed by atoms with Crippen LogP contribution < -0.4 is 11.5 Å². The Hall–Kier alpha value is -1.37. The fourth-order valence-electron chi connectivity index (χ4n) is 0.889. The zero-order valence-electron chi connectivity index (χ0n) is 5.90. The minimum absolute atomic E-state index is 0.140. The molecule has 0 unspecified atom stereocenters. The summed E-state index contributed by atoms with van der Waals surface area (Å²) in [5.41, 5.74) is 11.5. The topological polar surface area (TPSA) is 95.1 Å². The van der Waals surface area contributed by atoms with Crippen LogP contribution in [0.4, 0.5) is 11.9 Å². The van der Waals surface area contributed by atoms with Gasteiger partial charge in [-0.1, -0.05) is 0 Å². The van der Waals surface area contributed by atoms with Gasteiger partial charge in [-0.3, -0.25) is 0 Å². The Morgan fingerprint density at radius 2 is 2.08 bits per heavy atom. The lowest BCUT2D eigenvalue weighted by Crippen LogP contribution is -2.06. The van der Waals surface area contributed by atoms with Crippen LogP contribution >= 0.6 is 15.9 Å². The van der Waals surface area contributed by atoms with E-state index in [1.807, 2.05) is 0 Å². The maximum atomic E-state index is 5.52. The van der Waals surface area contributed by atoms with Gasteiger partial charge in [-0.25, -0.2) is 0 Å². The molecular weight excluding hydrogens is 224 g/mol. The highest BCUT2D eigenvalue weighted by atomic mass is 79.9. The molecule has 2 heterocycles. The van der Waals surface area contributed by atoms with Crippen LogP contribution in [0.2, 0.25) is 0 Å². The first-order valence-corrected chi connectivity index (χ1v) is 3.90. The predicted molar refractivity (Wildman–Crippen MR) is 47.3 cm³/mol. The van der Waals surface area contributed by atoms with Gasteiger partial charge in [0.15, 0.2) is 5.65 Å². The third kappa shape index (κ3) is 0.900. The number of halogens is 1. The van der Waals surface area contributed by atoms with E-state index in [2.05, 4.69) is 31.0 Å². The lowest BCUT2D eigenvalue weighted by atomic mass is 10.7. The summed E-state index contributed by atoms with van der Waals surface area (Å²) in [4.78, 5) is 7.68. The molecule has 0 amide bonds. The highest BCUT2D eigenvalue weighted by Gasteiger charge is 2.06. The molecule has 0 aliphatic rings. The SMILES string of the molecule is Nc1nc(N)n2ncc(Br)c2n1. The first-order chi connectivity index (χ1) is 5.68. The van der Waals surface area contributed by atoms with Gasteiger partial charge < -0.3 is 11.5 Å². The molecule has 0 spiro atoms. The van der Waals surface area contributed by atoms with Crippen LogP contribution in [0.5, 0.6) is 0 Å². The third-order valence-electron chi connectivity index (χ3n) is 1.37. The first-order valence-electron chi connectivity index (χ1n) is 3.10. The molecule has 12 heavy (non-hydrogen) atoms. The molecule has 0 radical (unpaired) electrons. The second-order valence-corrected chi connectivity index (χ2v) is 3.02. The smallest absolute Gasteiger partial charge is 0.226 e. The molecule has 4 N–H and O–H groups in total. The molecule has 0 atom stereocenters. The third-order valence-corrected chi connectivity index (χ3v) is 1.93. The summed E-state index contributed by atoms with van der Waals surface area (Å²) in [5.74, 6) is 0.365. The van der Waals surface area contributed by atoms with Crippen LogP contribution in [0.3, 0.4) is 0 Å². The molecule has 0 aliphatic carbocycles. The maximum absolute atomic E-state index is 5.52. The van der Waals surface area contributed by atoms with Gasteiger partial charge in [-0.2, -0.15) is 19.6 Å². The molecule has 6 nitrogen and oxygen atoms in total. The number of hydrogen-bond donors (Lipinski definition) is 2. The lowest BCUT2D eigenvalue weighted by molar-refractivity contribution is 0.915. The molecule has 0 fully saturated rings. The van der Waals surface area contributed by atoms with E-state index in [1.165, 1.54) is 4.52 Å². The van der Waals surface area contributed by atoms with Crippen molar-refractivity contribution < 1.29 is 0 Å². The van der Waals surface area contributed by atoms with Gasteiger partial charge in [0.1, 0.15) is 0 Å². The fourth-order valence-corrected chi connectivity index (χ4v) is 1.24. The normalized spacial score (nSPS) is 10.8. The number of anilines is 2. The summed E-state index contributed by atoms with van der Waals surface area (Å²) in [6, 6.07) is 0. The van der Waals surface area contributed by atoms with E-state index < -0.39 is 0 Å². The van der Waals surface area contributed by atoms with E-state index in [9.17, 15) is 0 Å². The summed E-state index contributed by atoms with van der Waals surface area (Å²) in [6.07, 6.45) is 1.58. The van der Waals surface area contributed by atoms with E-state index in [0.717, 1.165) is 4.47 Å². The second kappa shape index (κ2) is 2.31. The van der Waals surface area contributed by atoms with Gasteiger partial charge in [0.2, 0.25) is 11.9 Å². The van der Waals surface area contributed by atoms with Crippen LogP contribution in [0.15, 0.2) is 10.7 Å². The summed E-state index contributed by atoms with van der Waals surface area (Å²) >= 11 is 3.25. The van der Waals surface area contributed by atoms with Crippen molar-refractivity contribution in [3.8, 4) is 0 Å². The monoisotopic (exact) mass is 228 g/mol. The van der Waals surface area contributed by atoms with E-state index >= 15 is 0 Å². The molecule has 0 saturated carbocycles. The van der Waals surface area contributed by atoms with Crippen LogP contribution in [-0.4, -0.2) is 19.6 Å². The zero-order chi connectivity index (χ0) is 8.72. The zero-order valence-corrected chi connectivity index (χ0v) is 7.48. The summed E-state index contributed by atoms with van der Waals surface area (Å²) < 4.78 is 2.14. The van der Waals surface area contributed by atoms with Crippen molar-refractivity contribution in [2.24, 2.45) is 0 Å². The largest absolute Gasteiger partial charge is 0.368 e. The molecular formula is C5H5BrN6. The standard InChI is InChI=1S/C5H5BrN6/c6-2-1-9-12-3(2)10-4(7)11-5(12)8/h1H,(H4,7,8,10,11). The van der Waals surface area contributed by atoms with Gasteiger partial charge >= 0.3 is 0 Å². The van der Waals surface area contributed by atoms with Gasteiger partial charge in [0.25, 0.3) is 0 Å². The number of nitrogens with zero attached hydrogens (tertiary/aromatic N) is 4. The molecule has 2 aromatic heterocycles. The fraction of sp³-hybridized carbons (Fsp3) is 0. The summed E-state index contributed by atoms with van der Waals surface area (Å²) in [6.45, 7) is 0. The lowest BCUT2D eigenvalue weighted by Gasteiger charge is -1.97. The second-order valence-electron chi connectivity index (χ2n) is 2.17. The van der Waals surface area contributed by atoms with Crippen molar-refractivity contribution in [3.63, 3.8) is 0 Å². The van der Waals surface area contributed by atoms with E-state index in [4.69, 9.17) is 11.5 Å². The van der Waals surface area contributed by atoms with Crippen LogP contribution in [0.25, 0.3) is 5.65 Å². The van der Waals surface area contributed by atoms with Crippen LogP contribution in [-0.2, 0) is 0 Å². The van der Waals surface area contributed by atoms with E-state index in [1.54, 1.807) is 6.20 Å². The Kier molecular flexibility index (Phi) is 1.40. The van der Waals surface area contributed by atoms with Crippen LogP contribution in [0, 0.1) is 0 Å². The minimum Gasteiger partial charge on any atom is -0.368 e. The van der Waals surface area contributed by atoms with Crippen molar-refractivity contribution in [1.82, 2.24) is 19.6 Å². The number of nitrogens with two attached hydrogens (primary N) is 2. The maximum Gasteiger partial charge on any atom is 0.226 e. The van der Waals surface area contributed by atoms with Gasteiger partial charge in [0.05, 0.1) is 10.7 Å². The Balaban J connectivity index is 2.92. The number of fused-ring (bicyclic) bond motifs is 1. The quantitative estimate of drug-likeness (QED) is 0.665. The highest BCUT2D eigenvalue weighted by molar-refractivity contribution is 9.10. The minimum atomic E-state index is 0.140. The molecule has 7 heteroatoms. The summed E-state index contributed by atoms with van der Waals surface area (Å²) in [5, 5.41) is 3.92. The van der Waals surface area contributed by atoms with Gasteiger partial charge in [0, 0.05) is 0 Å². The van der Waals surface area contributed by atoms with Crippen molar-refractivity contribution in [1.29, 1.82) is 0 Å². The molecule has 62 valence electrons. The van der Waals surface area contributed by atoms with E-state index in [0.29, 0.717) is 5.65 Å². The number of hydrogen-bond acceptors (Lipinski definition) is 5. The van der Waals surface area contributed by atoms with Crippen molar-refractivity contribution >= 4 is 33.5 Å². The number of aromatic nitrogens is 4. The molecule has 2 aromatic rings. The first kappa shape index (κ1) is 7.29. The molecule has 0 aromatic carbocycles. The number of rotatable bonds is 0. The van der Waals surface area contributed by atoms with Crippen molar-refractivity contribution in [3.05, 3.63) is 10.7 Å². The Morgan fingerprint density at radius 3 is 2.83 bits per heavy atom.